The summed E-state index contributed by atoms with van der Waals surface area (Å²) in [6, 6.07) is 1.10. The van der Waals surface area contributed by atoms with Gasteiger partial charge in [0.25, 0.3) is 0 Å². The van der Waals surface area contributed by atoms with Crippen LogP contribution in [0.1, 0.15) is 26.2 Å². The minimum Gasteiger partial charge on any atom is -0.368 e. The number of nitrogens with one attached hydrogen (secondary N) is 2. The molecule has 2 atom stereocenters. The summed E-state index contributed by atoms with van der Waals surface area (Å²) in [5, 5.41) is 6.50. The number of aromatic nitrogens is 1. The molecule has 1 aromatic heterocycles. The van der Waals surface area contributed by atoms with E-state index in [4.69, 9.17) is 0 Å². The van der Waals surface area contributed by atoms with E-state index in [-0.39, 0.29) is 17.7 Å². The van der Waals surface area contributed by atoms with Gasteiger partial charge in [0, 0.05) is 23.9 Å². The normalized spacial score (nSPS) is 22.5. The van der Waals surface area contributed by atoms with Gasteiger partial charge in [-0.15, -0.1) is 0 Å². The highest BCUT2D eigenvalue weighted by Crippen LogP contribution is 2.31. The summed E-state index contributed by atoms with van der Waals surface area (Å²) in [6.45, 7) is 2.39. The second-order valence-electron chi connectivity index (χ2n) is 4.69. The van der Waals surface area contributed by atoms with Crippen LogP contribution in [0.4, 0.5) is 20.4 Å². The maximum atomic E-state index is 13.7. The van der Waals surface area contributed by atoms with Crippen LogP contribution in [0.5, 0.6) is 0 Å². The fourth-order valence-electron chi connectivity index (χ4n) is 2.34. The summed E-state index contributed by atoms with van der Waals surface area (Å²) in [5.74, 6) is -1.04. The third-order valence-corrected chi connectivity index (χ3v) is 4.43. The molecule has 0 aliphatic heterocycles. The number of halogens is 2. The Morgan fingerprint density at radius 3 is 2.68 bits per heavy atom. The lowest BCUT2D eigenvalue weighted by Crippen LogP contribution is -2.19. The molecule has 0 aromatic carbocycles. The lowest BCUT2D eigenvalue weighted by Gasteiger charge is -2.15. The van der Waals surface area contributed by atoms with Gasteiger partial charge in [-0.05, 0) is 32.4 Å². The zero-order chi connectivity index (χ0) is 13.8. The predicted octanol–water partition coefficient (Wildman–Crippen LogP) is 3.49. The zero-order valence-corrected chi connectivity index (χ0v) is 12.0. The first kappa shape index (κ1) is 14.4. The van der Waals surface area contributed by atoms with Gasteiger partial charge >= 0.3 is 0 Å². The third kappa shape index (κ3) is 3.49. The first-order valence-electron chi connectivity index (χ1n) is 6.53. The largest absolute Gasteiger partial charge is 0.368 e. The van der Waals surface area contributed by atoms with Crippen LogP contribution < -0.4 is 10.6 Å². The van der Waals surface area contributed by atoms with Crippen LogP contribution in [-0.4, -0.2) is 29.1 Å². The Morgan fingerprint density at radius 1 is 1.32 bits per heavy atom. The SMILES string of the molecule is CCNc1nc(NC2CCC(SC)C2)c(F)cc1F. The standard InChI is InChI=1S/C13H19F2N3S/c1-3-16-12-10(14)7-11(15)13(18-12)17-8-4-5-9(6-8)19-2/h7-9H,3-6H2,1-2H3,(H2,16,17,18). The van der Waals surface area contributed by atoms with Gasteiger partial charge in [-0.25, -0.2) is 13.8 Å². The van der Waals surface area contributed by atoms with Crippen LogP contribution in [0, 0.1) is 11.6 Å². The quantitative estimate of drug-likeness (QED) is 0.869. The Kier molecular flexibility index (Phi) is 4.85. The number of thioether (sulfide) groups is 1. The molecule has 1 aromatic rings. The second kappa shape index (κ2) is 6.41. The van der Waals surface area contributed by atoms with Crippen molar-refractivity contribution >= 4 is 23.4 Å². The summed E-state index contributed by atoms with van der Waals surface area (Å²) < 4.78 is 27.2. The average Bonchev–Trinajstić information content (AvgIpc) is 2.83. The molecule has 19 heavy (non-hydrogen) atoms. The molecule has 0 spiro atoms. The van der Waals surface area contributed by atoms with Crippen molar-refractivity contribution in [3.8, 4) is 0 Å². The van der Waals surface area contributed by atoms with Crippen molar-refractivity contribution in [1.29, 1.82) is 0 Å². The van der Waals surface area contributed by atoms with E-state index >= 15 is 0 Å². The predicted molar refractivity (Wildman–Crippen MR) is 76.9 cm³/mol. The molecule has 0 radical (unpaired) electrons. The molecule has 0 amide bonds. The molecule has 2 N–H and O–H groups in total. The van der Waals surface area contributed by atoms with Crippen LogP contribution >= 0.6 is 11.8 Å². The molecule has 1 saturated carbocycles. The summed E-state index contributed by atoms with van der Waals surface area (Å²) in [7, 11) is 0. The van der Waals surface area contributed by atoms with Crippen molar-refractivity contribution in [2.24, 2.45) is 0 Å². The molecule has 1 heterocycles. The first-order chi connectivity index (χ1) is 9.13. The Labute approximate surface area is 116 Å². The molecule has 3 nitrogen and oxygen atoms in total. The van der Waals surface area contributed by atoms with Gasteiger partial charge in [0.2, 0.25) is 0 Å². The van der Waals surface area contributed by atoms with E-state index in [0.717, 1.165) is 25.3 Å². The third-order valence-electron chi connectivity index (χ3n) is 3.33. The van der Waals surface area contributed by atoms with Gasteiger partial charge in [0.15, 0.2) is 23.3 Å². The zero-order valence-electron chi connectivity index (χ0n) is 11.2. The number of hydrogen-bond acceptors (Lipinski definition) is 4. The van der Waals surface area contributed by atoms with E-state index in [9.17, 15) is 8.78 Å². The molecule has 0 bridgehead atoms. The first-order valence-corrected chi connectivity index (χ1v) is 7.82. The van der Waals surface area contributed by atoms with Gasteiger partial charge in [-0.3, -0.25) is 0 Å². The van der Waals surface area contributed by atoms with Crippen LogP contribution in [0.3, 0.4) is 0 Å². The molecular weight excluding hydrogens is 268 g/mol. The molecular formula is C13H19F2N3S. The Hall–Kier alpha value is -1.04. The fourth-order valence-corrected chi connectivity index (χ4v) is 3.13. The molecule has 1 aliphatic carbocycles. The van der Waals surface area contributed by atoms with Gasteiger partial charge in [0.05, 0.1) is 0 Å². The van der Waals surface area contributed by atoms with Gasteiger partial charge in [0.1, 0.15) is 0 Å². The van der Waals surface area contributed by atoms with E-state index in [2.05, 4.69) is 21.9 Å². The van der Waals surface area contributed by atoms with Gasteiger partial charge in [-0.1, -0.05) is 0 Å². The van der Waals surface area contributed by atoms with E-state index in [0.29, 0.717) is 11.8 Å². The lowest BCUT2D eigenvalue weighted by molar-refractivity contribution is 0.575. The number of anilines is 2. The smallest absolute Gasteiger partial charge is 0.168 e. The molecule has 1 aliphatic rings. The molecule has 0 saturated heterocycles. The van der Waals surface area contributed by atoms with Crippen molar-refractivity contribution in [3.63, 3.8) is 0 Å². The van der Waals surface area contributed by atoms with Crippen molar-refractivity contribution in [2.45, 2.75) is 37.5 Å². The number of pyridine rings is 1. The van der Waals surface area contributed by atoms with Gasteiger partial charge in [-0.2, -0.15) is 11.8 Å². The van der Waals surface area contributed by atoms with E-state index in [1.807, 2.05) is 18.7 Å². The average molecular weight is 287 g/mol. The van der Waals surface area contributed by atoms with E-state index in [1.165, 1.54) is 0 Å². The topological polar surface area (TPSA) is 37.0 Å². The monoisotopic (exact) mass is 287 g/mol. The van der Waals surface area contributed by atoms with Crippen LogP contribution in [-0.2, 0) is 0 Å². The summed E-state index contributed by atoms with van der Waals surface area (Å²) in [6.07, 6.45) is 5.21. The lowest BCUT2D eigenvalue weighted by atomic mass is 10.2. The minimum atomic E-state index is -0.654. The van der Waals surface area contributed by atoms with E-state index < -0.39 is 11.6 Å². The summed E-state index contributed by atoms with van der Waals surface area (Å²) in [5.41, 5.74) is 0. The van der Waals surface area contributed by atoms with Gasteiger partial charge < -0.3 is 10.6 Å². The molecule has 2 unspecified atom stereocenters. The molecule has 6 heteroatoms. The Bertz CT molecular complexity index is 442. The summed E-state index contributed by atoms with van der Waals surface area (Å²) in [4.78, 5) is 4.00. The highest BCUT2D eigenvalue weighted by molar-refractivity contribution is 7.99. The van der Waals surface area contributed by atoms with Crippen LogP contribution in [0.15, 0.2) is 6.07 Å². The highest BCUT2D eigenvalue weighted by atomic mass is 32.2. The summed E-state index contributed by atoms with van der Waals surface area (Å²) >= 11 is 1.84. The maximum absolute atomic E-state index is 13.7. The highest BCUT2D eigenvalue weighted by Gasteiger charge is 2.25. The molecule has 1 fully saturated rings. The van der Waals surface area contributed by atoms with Crippen molar-refractivity contribution in [1.82, 2.24) is 4.98 Å². The van der Waals surface area contributed by atoms with Crippen LogP contribution in [0.25, 0.3) is 0 Å². The Morgan fingerprint density at radius 2 is 2.05 bits per heavy atom. The van der Waals surface area contributed by atoms with Crippen molar-refractivity contribution < 1.29 is 8.78 Å². The Balaban J connectivity index is 2.09. The van der Waals surface area contributed by atoms with Crippen molar-refractivity contribution in [3.05, 3.63) is 17.7 Å². The van der Waals surface area contributed by atoms with E-state index in [1.54, 1.807) is 0 Å². The number of hydrogen-bond donors (Lipinski definition) is 2. The maximum Gasteiger partial charge on any atom is 0.168 e. The second-order valence-corrected chi connectivity index (χ2v) is 5.83. The minimum absolute atomic E-state index is 0.103. The fraction of sp³-hybridized carbons (Fsp3) is 0.615. The molecule has 106 valence electrons. The van der Waals surface area contributed by atoms with Crippen LogP contribution in [0.2, 0.25) is 0 Å². The number of rotatable bonds is 5. The molecule has 2 rings (SSSR count). The number of nitrogens with zero attached hydrogens (tertiary/aromatic N) is 1. The van der Waals surface area contributed by atoms with Crippen molar-refractivity contribution in [2.75, 3.05) is 23.4 Å².